The number of amides is 3. The van der Waals surface area contributed by atoms with Crippen LogP contribution in [-0.2, 0) is 9.59 Å². The molecule has 3 amide bonds. The fourth-order valence-corrected chi connectivity index (χ4v) is 1.34. The first-order valence-electron chi connectivity index (χ1n) is 5.44. The van der Waals surface area contributed by atoms with Crippen molar-refractivity contribution in [1.82, 2.24) is 5.32 Å². The number of rotatable bonds is 5. The van der Waals surface area contributed by atoms with Gasteiger partial charge in [-0.3, -0.25) is 4.79 Å². The molecule has 0 aliphatic heterocycles. The molecule has 0 bridgehead atoms. The van der Waals surface area contributed by atoms with E-state index in [1.165, 1.54) is 0 Å². The van der Waals surface area contributed by atoms with Crippen molar-refractivity contribution in [3.05, 3.63) is 29.6 Å². The normalized spacial score (nSPS) is 11.6. The number of anilines is 1. The number of carbonyl (C=O) groups excluding carboxylic acids is 2. The summed E-state index contributed by atoms with van der Waals surface area (Å²) in [6.45, 7) is 0. The molecule has 7 nitrogen and oxygen atoms in total. The Morgan fingerprint density at radius 1 is 1.19 bits per heavy atom. The number of hydrogen-bond donors (Lipinski definition) is 4. The number of carbonyl (C=O) groups is 3. The molecule has 0 saturated heterocycles. The SMILES string of the molecule is NC(=O)C[C@@H](NC(=O)Nc1ccc(F)c(F)c1F)C(=O)O. The van der Waals surface area contributed by atoms with E-state index < -0.39 is 53.5 Å². The second-order valence-corrected chi connectivity index (χ2v) is 3.88. The number of benzene rings is 1. The molecular formula is C11H10F3N3O4. The quantitative estimate of drug-likeness (QED) is 0.593. The molecule has 0 aromatic heterocycles. The lowest BCUT2D eigenvalue weighted by Gasteiger charge is -2.14. The van der Waals surface area contributed by atoms with Crippen LogP contribution in [0.1, 0.15) is 6.42 Å². The minimum atomic E-state index is -1.79. The number of carboxylic acids is 1. The van der Waals surface area contributed by atoms with Crippen molar-refractivity contribution in [3.63, 3.8) is 0 Å². The summed E-state index contributed by atoms with van der Waals surface area (Å²) >= 11 is 0. The van der Waals surface area contributed by atoms with E-state index in [0.717, 1.165) is 6.07 Å². The summed E-state index contributed by atoms with van der Waals surface area (Å²) in [4.78, 5) is 32.8. The Labute approximate surface area is 115 Å². The van der Waals surface area contributed by atoms with Gasteiger partial charge in [-0.15, -0.1) is 0 Å². The van der Waals surface area contributed by atoms with E-state index in [0.29, 0.717) is 6.07 Å². The maximum Gasteiger partial charge on any atom is 0.326 e. The molecule has 0 aliphatic rings. The predicted molar refractivity (Wildman–Crippen MR) is 63.7 cm³/mol. The molecule has 1 atom stereocenters. The van der Waals surface area contributed by atoms with Crippen LogP contribution in [-0.4, -0.2) is 29.1 Å². The van der Waals surface area contributed by atoms with Crippen LogP contribution in [0, 0.1) is 17.5 Å². The molecule has 0 heterocycles. The Balaban J connectivity index is 2.79. The number of nitrogens with two attached hydrogens (primary N) is 1. The van der Waals surface area contributed by atoms with Crippen molar-refractivity contribution >= 4 is 23.6 Å². The molecule has 0 unspecified atom stereocenters. The van der Waals surface area contributed by atoms with Gasteiger partial charge >= 0.3 is 12.0 Å². The molecule has 1 aromatic rings. The highest BCUT2D eigenvalue weighted by molar-refractivity contribution is 5.93. The molecule has 0 fully saturated rings. The Hall–Kier alpha value is -2.78. The predicted octanol–water partition coefficient (Wildman–Crippen LogP) is 0.554. The summed E-state index contributed by atoms with van der Waals surface area (Å²) in [6.07, 6.45) is -0.691. The van der Waals surface area contributed by atoms with Gasteiger partial charge in [0, 0.05) is 0 Å². The first-order valence-corrected chi connectivity index (χ1v) is 5.44. The summed E-state index contributed by atoms with van der Waals surface area (Å²) in [5, 5.41) is 12.4. The van der Waals surface area contributed by atoms with Gasteiger partial charge in [0.1, 0.15) is 6.04 Å². The fraction of sp³-hybridized carbons (Fsp3) is 0.182. The van der Waals surface area contributed by atoms with E-state index in [-0.39, 0.29) is 0 Å². The van der Waals surface area contributed by atoms with Gasteiger partial charge in [-0.05, 0) is 12.1 Å². The molecule has 0 saturated carbocycles. The second-order valence-electron chi connectivity index (χ2n) is 3.88. The van der Waals surface area contributed by atoms with E-state index in [9.17, 15) is 27.6 Å². The van der Waals surface area contributed by atoms with E-state index in [4.69, 9.17) is 10.8 Å². The molecule has 114 valence electrons. The van der Waals surface area contributed by atoms with Gasteiger partial charge in [0.15, 0.2) is 17.5 Å². The average molecular weight is 305 g/mol. The average Bonchev–Trinajstić information content (AvgIpc) is 2.38. The van der Waals surface area contributed by atoms with Crippen LogP contribution in [0.2, 0.25) is 0 Å². The molecule has 10 heteroatoms. The molecule has 1 rings (SSSR count). The van der Waals surface area contributed by atoms with E-state index in [1.807, 2.05) is 5.32 Å². The first-order chi connectivity index (χ1) is 9.72. The smallest absolute Gasteiger partial charge is 0.326 e. The zero-order valence-electron chi connectivity index (χ0n) is 10.3. The Morgan fingerprint density at radius 2 is 1.81 bits per heavy atom. The van der Waals surface area contributed by atoms with Crippen molar-refractivity contribution in [2.45, 2.75) is 12.5 Å². The van der Waals surface area contributed by atoms with Gasteiger partial charge in [0.2, 0.25) is 5.91 Å². The largest absolute Gasteiger partial charge is 0.480 e. The number of primary amides is 1. The maximum atomic E-state index is 13.3. The molecule has 5 N–H and O–H groups in total. The van der Waals surface area contributed by atoms with Gasteiger partial charge in [0.25, 0.3) is 0 Å². The summed E-state index contributed by atoms with van der Waals surface area (Å²) in [6, 6.07) is -1.55. The summed E-state index contributed by atoms with van der Waals surface area (Å²) < 4.78 is 38.9. The van der Waals surface area contributed by atoms with Gasteiger partial charge in [-0.1, -0.05) is 0 Å². The number of hydrogen-bond acceptors (Lipinski definition) is 3. The van der Waals surface area contributed by atoms with E-state index in [1.54, 1.807) is 5.32 Å². The van der Waals surface area contributed by atoms with Crippen molar-refractivity contribution in [2.75, 3.05) is 5.32 Å². The Morgan fingerprint density at radius 3 is 2.33 bits per heavy atom. The van der Waals surface area contributed by atoms with Gasteiger partial charge in [-0.25, -0.2) is 22.8 Å². The van der Waals surface area contributed by atoms with Crippen LogP contribution < -0.4 is 16.4 Å². The maximum absolute atomic E-state index is 13.3. The minimum absolute atomic E-state index is 0.576. The van der Waals surface area contributed by atoms with E-state index >= 15 is 0 Å². The van der Waals surface area contributed by atoms with Crippen molar-refractivity contribution < 1.29 is 32.7 Å². The van der Waals surface area contributed by atoms with Crippen LogP contribution in [0.25, 0.3) is 0 Å². The number of nitrogens with one attached hydrogen (secondary N) is 2. The van der Waals surface area contributed by atoms with Crippen molar-refractivity contribution in [1.29, 1.82) is 0 Å². The van der Waals surface area contributed by atoms with Gasteiger partial charge in [-0.2, -0.15) is 0 Å². The van der Waals surface area contributed by atoms with Gasteiger partial charge < -0.3 is 21.5 Å². The monoisotopic (exact) mass is 305 g/mol. The topological polar surface area (TPSA) is 122 Å². The van der Waals surface area contributed by atoms with Crippen LogP contribution >= 0.6 is 0 Å². The van der Waals surface area contributed by atoms with Crippen LogP contribution in [0.3, 0.4) is 0 Å². The number of halogens is 3. The van der Waals surface area contributed by atoms with Crippen LogP contribution in [0.4, 0.5) is 23.7 Å². The summed E-state index contributed by atoms with van der Waals surface area (Å²) in [5.41, 5.74) is 4.10. The molecule has 0 spiro atoms. The minimum Gasteiger partial charge on any atom is -0.480 e. The zero-order valence-corrected chi connectivity index (χ0v) is 10.3. The molecule has 21 heavy (non-hydrogen) atoms. The second kappa shape index (κ2) is 6.59. The third kappa shape index (κ3) is 4.37. The van der Waals surface area contributed by atoms with Crippen molar-refractivity contribution in [2.24, 2.45) is 5.73 Å². The Bertz CT molecular complexity index is 594. The fourth-order valence-electron chi connectivity index (χ4n) is 1.34. The summed E-state index contributed by atoms with van der Waals surface area (Å²) in [5.74, 6) is -7.42. The first kappa shape index (κ1) is 16.3. The summed E-state index contributed by atoms with van der Waals surface area (Å²) in [7, 11) is 0. The van der Waals surface area contributed by atoms with E-state index in [2.05, 4.69) is 0 Å². The highest BCUT2D eigenvalue weighted by Gasteiger charge is 2.23. The highest BCUT2D eigenvalue weighted by Crippen LogP contribution is 2.19. The number of urea groups is 1. The van der Waals surface area contributed by atoms with Gasteiger partial charge in [0.05, 0.1) is 12.1 Å². The Kier molecular flexibility index (Phi) is 5.11. The highest BCUT2D eigenvalue weighted by atomic mass is 19.2. The molecule has 0 aliphatic carbocycles. The number of aliphatic carboxylic acids is 1. The lowest BCUT2D eigenvalue weighted by molar-refractivity contribution is -0.140. The lowest BCUT2D eigenvalue weighted by Crippen LogP contribution is -2.45. The van der Waals surface area contributed by atoms with Crippen LogP contribution in [0.15, 0.2) is 12.1 Å². The lowest BCUT2D eigenvalue weighted by atomic mass is 10.2. The third-order valence-electron chi connectivity index (χ3n) is 2.29. The standard InChI is InChI=1S/C11H10F3N3O4/c12-4-1-2-5(9(14)8(4)13)16-11(21)17-6(10(19)20)3-7(15)18/h1-2,6H,3H2,(H2,15,18)(H,19,20)(H2,16,17,21)/t6-/m1/s1. The zero-order chi connectivity index (χ0) is 16.2. The third-order valence-corrected chi connectivity index (χ3v) is 2.29. The molecule has 0 radical (unpaired) electrons. The molecular weight excluding hydrogens is 295 g/mol. The molecule has 1 aromatic carbocycles. The van der Waals surface area contributed by atoms with Crippen LogP contribution in [0.5, 0.6) is 0 Å². The van der Waals surface area contributed by atoms with Crippen molar-refractivity contribution in [3.8, 4) is 0 Å². The number of carboxylic acid groups (broad SMARTS) is 1.